The Morgan fingerprint density at radius 3 is 2.10 bits per heavy atom. The first-order chi connectivity index (χ1) is 10.2. The van der Waals surface area contributed by atoms with Crippen molar-refractivity contribution in [3.05, 3.63) is 0 Å². The number of ether oxygens (including phenoxy) is 1. The number of hydrogen-bond acceptors (Lipinski definition) is 3. The summed E-state index contributed by atoms with van der Waals surface area (Å²) < 4.78 is 5.76. The molecule has 1 saturated heterocycles. The lowest BCUT2D eigenvalue weighted by Crippen LogP contribution is -2.55. The smallest absolute Gasteiger partial charge is 0.0695 e. The van der Waals surface area contributed by atoms with Gasteiger partial charge in [-0.2, -0.15) is 0 Å². The number of nitrogens with zero attached hydrogens (tertiary/aromatic N) is 1. The summed E-state index contributed by atoms with van der Waals surface area (Å²) in [6.45, 7) is 6.18. The third kappa shape index (κ3) is 5.54. The van der Waals surface area contributed by atoms with E-state index >= 15 is 0 Å². The van der Waals surface area contributed by atoms with Crippen LogP contribution in [0, 0.1) is 0 Å². The highest BCUT2D eigenvalue weighted by Gasteiger charge is 2.33. The minimum atomic E-state index is -0.155. The molecule has 2 rings (SSSR count). The molecule has 1 N–H and O–H groups in total. The zero-order valence-corrected chi connectivity index (χ0v) is 14.1. The van der Waals surface area contributed by atoms with E-state index in [2.05, 4.69) is 18.7 Å². The lowest BCUT2D eigenvalue weighted by atomic mass is 9.93. The van der Waals surface area contributed by atoms with Gasteiger partial charge < -0.3 is 9.84 Å². The van der Waals surface area contributed by atoms with Gasteiger partial charge in [0.2, 0.25) is 0 Å². The molecule has 1 heterocycles. The minimum absolute atomic E-state index is 0.155. The zero-order valence-electron chi connectivity index (χ0n) is 14.1. The van der Waals surface area contributed by atoms with E-state index in [4.69, 9.17) is 4.74 Å². The number of rotatable bonds is 1. The monoisotopic (exact) mass is 297 g/mol. The van der Waals surface area contributed by atoms with Crippen LogP contribution in [0.4, 0.5) is 0 Å². The summed E-state index contributed by atoms with van der Waals surface area (Å²) in [5.41, 5.74) is 0. The van der Waals surface area contributed by atoms with Gasteiger partial charge in [0.05, 0.1) is 18.8 Å². The summed E-state index contributed by atoms with van der Waals surface area (Å²) in [5, 5.41) is 10.7. The highest BCUT2D eigenvalue weighted by Crippen LogP contribution is 2.25. The molecule has 3 nitrogen and oxygen atoms in total. The average Bonchev–Trinajstić information content (AvgIpc) is 2.46. The number of aliphatic hydroxyl groups is 1. The molecule has 4 unspecified atom stereocenters. The van der Waals surface area contributed by atoms with Crippen LogP contribution in [0.2, 0.25) is 0 Å². The van der Waals surface area contributed by atoms with E-state index in [-0.39, 0.29) is 6.10 Å². The van der Waals surface area contributed by atoms with Crippen LogP contribution in [0.1, 0.15) is 78.1 Å². The molecular weight excluding hydrogens is 262 g/mol. The fraction of sp³-hybridized carbons (Fsp3) is 1.00. The maximum absolute atomic E-state index is 10.7. The van der Waals surface area contributed by atoms with E-state index < -0.39 is 0 Å². The van der Waals surface area contributed by atoms with Gasteiger partial charge in [-0.25, -0.2) is 0 Å². The van der Waals surface area contributed by atoms with E-state index in [1.165, 1.54) is 51.4 Å². The summed E-state index contributed by atoms with van der Waals surface area (Å²) in [4.78, 5) is 2.53. The molecule has 0 aromatic heterocycles. The van der Waals surface area contributed by atoms with Crippen molar-refractivity contribution in [1.82, 2.24) is 4.90 Å². The Kier molecular flexibility index (Phi) is 7.48. The molecule has 0 spiro atoms. The minimum Gasteiger partial charge on any atom is -0.391 e. The summed E-state index contributed by atoms with van der Waals surface area (Å²) in [5.74, 6) is 0. The van der Waals surface area contributed by atoms with Crippen LogP contribution in [0.5, 0.6) is 0 Å². The van der Waals surface area contributed by atoms with Gasteiger partial charge in [0.25, 0.3) is 0 Å². The van der Waals surface area contributed by atoms with Crippen molar-refractivity contribution in [3.63, 3.8) is 0 Å². The standard InChI is InChI=1S/C18H35NO2/c1-15-14-21-16(2)13-19(15)17-11-9-7-5-3-4-6-8-10-12-18(17)20/h15-18,20H,3-14H2,1-2H3. The molecule has 2 fully saturated rings. The fourth-order valence-corrected chi connectivity index (χ4v) is 3.93. The summed E-state index contributed by atoms with van der Waals surface area (Å²) >= 11 is 0. The molecular formula is C18H35NO2. The molecule has 4 atom stereocenters. The predicted molar refractivity (Wildman–Crippen MR) is 87.5 cm³/mol. The fourth-order valence-electron chi connectivity index (χ4n) is 3.93. The zero-order chi connectivity index (χ0) is 15.1. The summed E-state index contributed by atoms with van der Waals surface area (Å²) in [6, 6.07) is 0.777. The maximum Gasteiger partial charge on any atom is 0.0695 e. The van der Waals surface area contributed by atoms with Gasteiger partial charge in [-0.1, -0.05) is 51.4 Å². The van der Waals surface area contributed by atoms with Gasteiger partial charge in [0.1, 0.15) is 0 Å². The first kappa shape index (κ1) is 17.2. The van der Waals surface area contributed by atoms with Crippen LogP contribution >= 0.6 is 0 Å². The van der Waals surface area contributed by atoms with Gasteiger partial charge in [-0.15, -0.1) is 0 Å². The second-order valence-electron chi connectivity index (χ2n) is 7.23. The van der Waals surface area contributed by atoms with Crippen molar-refractivity contribution in [1.29, 1.82) is 0 Å². The molecule has 0 radical (unpaired) electrons. The van der Waals surface area contributed by atoms with Crippen molar-refractivity contribution in [2.45, 2.75) is 102 Å². The normalized spacial score (nSPS) is 38.4. The molecule has 1 saturated carbocycles. The Hall–Kier alpha value is -0.120. The van der Waals surface area contributed by atoms with Crippen molar-refractivity contribution >= 4 is 0 Å². The van der Waals surface area contributed by atoms with E-state index in [1.807, 2.05) is 0 Å². The van der Waals surface area contributed by atoms with Crippen molar-refractivity contribution in [2.75, 3.05) is 13.2 Å². The molecule has 0 bridgehead atoms. The van der Waals surface area contributed by atoms with Crippen LogP contribution in [0.25, 0.3) is 0 Å². The molecule has 1 aliphatic carbocycles. The Bertz CT molecular complexity index is 284. The van der Waals surface area contributed by atoms with Crippen LogP contribution in [-0.2, 0) is 4.74 Å². The maximum atomic E-state index is 10.7. The van der Waals surface area contributed by atoms with Crippen LogP contribution in [-0.4, -0.2) is 47.4 Å². The molecule has 124 valence electrons. The average molecular weight is 297 g/mol. The Morgan fingerprint density at radius 2 is 1.43 bits per heavy atom. The lowest BCUT2D eigenvalue weighted by Gasteiger charge is -2.44. The van der Waals surface area contributed by atoms with E-state index in [1.54, 1.807) is 0 Å². The quantitative estimate of drug-likeness (QED) is 0.800. The van der Waals surface area contributed by atoms with E-state index in [9.17, 15) is 5.11 Å². The Morgan fingerprint density at radius 1 is 0.857 bits per heavy atom. The molecule has 1 aliphatic heterocycles. The second-order valence-corrected chi connectivity index (χ2v) is 7.23. The molecule has 0 aromatic rings. The van der Waals surface area contributed by atoms with Gasteiger partial charge in [-0.05, 0) is 26.7 Å². The number of morpholine rings is 1. The van der Waals surface area contributed by atoms with E-state index in [0.29, 0.717) is 18.2 Å². The first-order valence-corrected chi connectivity index (χ1v) is 9.24. The summed E-state index contributed by atoms with van der Waals surface area (Å²) in [6.07, 6.45) is 12.9. The molecule has 0 amide bonds. The molecule has 21 heavy (non-hydrogen) atoms. The highest BCUT2D eigenvalue weighted by molar-refractivity contribution is 4.86. The SMILES string of the molecule is CC1CN(C2CCCCCCCCCCC2O)C(C)CO1. The van der Waals surface area contributed by atoms with Gasteiger partial charge in [0, 0.05) is 18.6 Å². The van der Waals surface area contributed by atoms with Crippen LogP contribution < -0.4 is 0 Å². The molecule has 0 aromatic carbocycles. The lowest BCUT2D eigenvalue weighted by molar-refractivity contribution is -0.0902. The number of hydrogen-bond donors (Lipinski definition) is 1. The van der Waals surface area contributed by atoms with Gasteiger partial charge in [0.15, 0.2) is 0 Å². The first-order valence-electron chi connectivity index (χ1n) is 9.24. The third-order valence-electron chi connectivity index (χ3n) is 5.28. The van der Waals surface area contributed by atoms with Crippen molar-refractivity contribution in [2.24, 2.45) is 0 Å². The molecule has 3 heteroatoms. The van der Waals surface area contributed by atoms with Crippen LogP contribution in [0.3, 0.4) is 0 Å². The highest BCUT2D eigenvalue weighted by atomic mass is 16.5. The Labute approximate surface area is 131 Å². The predicted octanol–water partition coefficient (Wildman–Crippen LogP) is 3.74. The van der Waals surface area contributed by atoms with Crippen LogP contribution in [0.15, 0.2) is 0 Å². The van der Waals surface area contributed by atoms with Crippen molar-refractivity contribution < 1.29 is 9.84 Å². The number of aliphatic hydroxyl groups excluding tert-OH is 1. The molecule has 2 aliphatic rings. The van der Waals surface area contributed by atoms with Gasteiger partial charge in [-0.3, -0.25) is 4.90 Å². The topological polar surface area (TPSA) is 32.7 Å². The van der Waals surface area contributed by atoms with E-state index in [0.717, 1.165) is 26.0 Å². The largest absolute Gasteiger partial charge is 0.391 e. The second kappa shape index (κ2) is 9.12. The summed E-state index contributed by atoms with van der Waals surface area (Å²) in [7, 11) is 0. The third-order valence-corrected chi connectivity index (χ3v) is 5.28. The van der Waals surface area contributed by atoms with Gasteiger partial charge >= 0.3 is 0 Å². The van der Waals surface area contributed by atoms with Crippen molar-refractivity contribution in [3.8, 4) is 0 Å². The Balaban J connectivity index is 1.96.